The number of rotatable bonds is 5. The molecule has 4 heteroatoms. The lowest BCUT2D eigenvalue weighted by Crippen LogP contribution is -2.29. The van der Waals surface area contributed by atoms with Crippen LogP contribution in [0.3, 0.4) is 0 Å². The number of hydrogen-bond donors (Lipinski definition) is 1. The Morgan fingerprint density at radius 2 is 2.18 bits per heavy atom. The van der Waals surface area contributed by atoms with Gasteiger partial charge in [-0.3, -0.25) is 4.79 Å². The van der Waals surface area contributed by atoms with E-state index in [9.17, 15) is 4.79 Å². The molecule has 0 saturated carbocycles. The van der Waals surface area contributed by atoms with Gasteiger partial charge in [0, 0.05) is 24.2 Å². The van der Waals surface area contributed by atoms with Crippen molar-refractivity contribution < 1.29 is 4.79 Å². The summed E-state index contributed by atoms with van der Waals surface area (Å²) in [5, 5.41) is 3.66. The molecule has 0 aliphatic rings. The molecule has 1 amide bonds. The van der Waals surface area contributed by atoms with Gasteiger partial charge in [-0.1, -0.05) is 17.7 Å². The summed E-state index contributed by atoms with van der Waals surface area (Å²) < 4.78 is 0. The van der Waals surface area contributed by atoms with Crippen LogP contribution in [0.1, 0.15) is 22.3 Å². The molecular formula is C13H19ClN2O. The molecule has 94 valence electrons. The molecule has 0 radical (unpaired) electrons. The van der Waals surface area contributed by atoms with Crippen LogP contribution >= 0.6 is 11.6 Å². The van der Waals surface area contributed by atoms with Crippen molar-refractivity contribution >= 4 is 17.5 Å². The molecule has 0 aliphatic heterocycles. The van der Waals surface area contributed by atoms with E-state index in [-0.39, 0.29) is 5.91 Å². The molecule has 0 atom stereocenters. The van der Waals surface area contributed by atoms with E-state index in [4.69, 9.17) is 11.6 Å². The number of aryl methyl sites for hydroxylation is 1. The summed E-state index contributed by atoms with van der Waals surface area (Å²) in [7, 11) is 3.72. The Bertz CT molecular complexity index is 393. The summed E-state index contributed by atoms with van der Waals surface area (Å²) >= 11 is 5.91. The second kappa shape index (κ2) is 6.62. The van der Waals surface area contributed by atoms with Crippen molar-refractivity contribution in [3.63, 3.8) is 0 Å². The normalized spacial score (nSPS) is 10.4. The predicted octanol–water partition coefficient (Wildman–Crippen LogP) is 2.33. The first-order valence-corrected chi connectivity index (χ1v) is 6.10. The number of hydrogen-bond acceptors (Lipinski definition) is 2. The summed E-state index contributed by atoms with van der Waals surface area (Å²) in [5.41, 5.74) is 1.64. The van der Waals surface area contributed by atoms with Gasteiger partial charge in [-0.15, -0.1) is 0 Å². The molecule has 0 aliphatic carbocycles. The third kappa shape index (κ3) is 4.02. The van der Waals surface area contributed by atoms with Gasteiger partial charge >= 0.3 is 0 Å². The number of nitrogens with one attached hydrogen (secondary N) is 1. The van der Waals surface area contributed by atoms with E-state index in [0.29, 0.717) is 10.6 Å². The quantitative estimate of drug-likeness (QED) is 0.818. The van der Waals surface area contributed by atoms with E-state index < -0.39 is 0 Å². The van der Waals surface area contributed by atoms with Crippen molar-refractivity contribution in [2.75, 3.05) is 27.2 Å². The number of carbonyl (C=O) groups excluding carboxylic acids is 1. The molecule has 0 saturated heterocycles. The summed E-state index contributed by atoms with van der Waals surface area (Å²) in [5.74, 6) is 0.0288. The molecule has 0 aromatic heterocycles. The van der Waals surface area contributed by atoms with Crippen LogP contribution in [0.2, 0.25) is 5.02 Å². The van der Waals surface area contributed by atoms with Crippen molar-refractivity contribution in [1.82, 2.24) is 10.2 Å². The van der Waals surface area contributed by atoms with Gasteiger partial charge in [0.15, 0.2) is 0 Å². The molecule has 1 aromatic carbocycles. The predicted molar refractivity (Wildman–Crippen MR) is 71.7 cm³/mol. The first-order valence-electron chi connectivity index (χ1n) is 5.72. The fourth-order valence-corrected chi connectivity index (χ4v) is 1.80. The molecule has 0 unspecified atom stereocenters. The number of halogens is 1. The maximum Gasteiger partial charge on any atom is 0.253 e. The maximum absolute atomic E-state index is 12.2. The highest BCUT2D eigenvalue weighted by Crippen LogP contribution is 2.16. The summed E-state index contributed by atoms with van der Waals surface area (Å²) in [6, 6.07) is 5.40. The largest absolute Gasteiger partial charge is 0.342 e. The zero-order valence-electron chi connectivity index (χ0n) is 10.6. The minimum Gasteiger partial charge on any atom is -0.342 e. The van der Waals surface area contributed by atoms with Gasteiger partial charge in [0.1, 0.15) is 0 Å². The number of carbonyl (C=O) groups is 1. The molecule has 17 heavy (non-hydrogen) atoms. The fourth-order valence-electron chi connectivity index (χ4n) is 1.62. The van der Waals surface area contributed by atoms with E-state index in [2.05, 4.69) is 5.32 Å². The molecule has 1 N–H and O–H groups in total. The van der Waals surface area contributed by atoms with Crippen LogP contribution < -0.4 is 5.32 Å². The third-order valence-electron chi connectivity index (χ3n) is 2.70. The smallest absolute Gasteiger partial charge is 0.253 e. The monoisotopic (exact) mass is 254 g/mol. The van der Waals surface area contributed by atoms with Gasteiger partial charge in [-0.2, -0.15) is 0 Å². The summed E-state index contributed by atoms with van der Waals surface area (Å²) in [6.45, 7) is 3.57. The van der Waals surface area contributed by atoms with E-state index in [1.165, 1.54) is 0 Å². The van der Waals surface area contributed by atoms with Crippen LogP contribution in [0.25, 0.3) is 0 Å². The molecule has 1 rings (SSSR count). The van der Waals surface area contributed by atoms with Gasteiger partial charge in [0.2, 0.25) is 0 Å². The summed E-state index contributed by atoms with van der Waals surface area (Å²) in [6.07, 6.45) is 0.943. The Morgan fingerprint density at radius 1 is 1.47 bits per heavy atom. The van der Waals surface area contributed by atoms with Gasteiger partial charge in [0.25, 0.3) is 5.91 Å². The van der Waals surface area contributed by atoms with E-state index >= 15 is 0 Å². The summed E-state index contributed by atoms with van der Waals surface area (Å²) in [4.78, 5) is 13.9. The molecule has 3 nitrogen and oxygen atoms in total. The van der Waals surface area contributed by atoms with Gasteiger partial charge in [-0.05, 0) is 44.6 Å². The lowest BCUT2D eigenvalue weighted by Gasteiger charge is -2.18. The Kier molecular flexibility index (Phi) is 5.45. The highest BCUT2D eigenvalue weighted by molar-refractivity contribution is 6.31. The van der Waals surface area contributed by atoms with Gasteiger partial charge < -0.3 is 10.2 Å². The zero-order valence-corrected chi connectivity index (χ0v) is 11.3. The molecule has 0 bridgehead atoms. The van der Waals surface area contributed by atoms with Crippen molar-refractivity contribution in [3.05, 3.63) is 34.3 Å². The van der Waals surface area contributed by atoms with E-state index in [1.807, 2.05) is 27.1 Å². The van der Waals surface area contributed by atoms with Crippen LogP contribution in [-0.2, 0) is 0 Å². The topological polar surface area (TPSA) is 32.3 Å². The van der Waals surface area contributed by atoms with Crippen molar-refractivity contribution in [3.8, 4) is 0 Å². The van der Waals surface area contributed by atoms with Crippen molar-refractivity contribution in [1.29, 1.82) is 0 Å². The Morgan fingerprint density at radius 3 is 2.82 bits per heavy atom. The van der Waals surface area contributed by atoms with Crippen LogP contribution in [0.4, 0.5) is 0 Å². The minimum atomic E-state index is 0.0288. The maximum atomic E-state index is 12.2. The first-order chi connectivity index (χ1) is 8.06. The molecular weight excluding hydrogens is 236 g/mol. The average Bonchev–Trinajstić information content (AvgIpc) is 2.31. The zero-order chi connectivity index (χ0) is 12.8. The number of amides is 1. The number of benzene rings is 1. The minimum absolute atomic E-state index is 0.0288. The van der Waals surface area contributed by atoms with Crippen molar-refractivity contribution in [2.45, 2.75) is 13.3 Å². The van der Waals surface area contributed by atoms with Gasteiger partial charge in [-0.25, -0.2) is 0 Å². The first kappa shape index (κ1) is 14.0. The highest BCUT2D eigenvalue weighted by atomic mass is 35.5. The van der Waals surface area contributed by atoms with Crippen LogP contribution in [0.15, 0.2) is 18.2 Å². The fraction of sp³-hybridized carbons (Fsp3) is 0.462. The lowest BCUT2D eigenvalue weighted by molar-refractivity contribution is 0.0793. The van der Waals surface area contributed by atoms with Crippen LogP contribution in [0.5, 0.6) is 0 Å². The lowest BCUT2D eigenvalue weighted by atomic mass is 10.1. The average molecular weight is 255 g/mol. The van der Waals surface area contributed by atoms with Crippen molar-refractivity contribution in [2.24, 2.45) is 0 Å². The third-order valence-corrected chi connectivity index (χ3v) is 2.93. The molecule has 0 heterocycles. The number of nitrogens with zero attached hydrogens (tertiary/aromatic N) is 1. The van der Waals surface area contributed by atoms with Crippen LogP contribution in [0, 0.1) is 6.92 Å². The second-order valence-corrected chi connectivity index (χ2v) is 4.58. The molecule has 0 spiro atoms. The highest BCUT2D eigenvalue weighted by Gasteiger charge is 2.13. The Labute approximate surface area is 108 Å². The van der Waals surface area contributed by atoms with E-state index in [0.717, 1.165) is 25.1 Å². The second-order valence-electron chi connectivity index (χ2n) is 4.14. The van der Waals surface area contributed by atoms with Gasteiger partial charge in [0.05, 0.1) is 0 Å². The molecule has 0 fully saturated rings. The standard InChI is InChI=1S/C13H19ClN2O/c1-10-5-6-11(14)9-12(10)13(17)16(3)8-4-7-15-2/h5-6,9,15H,4,7-8H2,1-3H3. The Hall–Kier alpha value is -1.06. The van der Waals surface area contributed by atoms with E-state index in [1.54, 1.807) is 17.0 Å². The van der Waals surface area contributed by atoms with Crippen LogP contribution in [-0.4, -0.2) is 38.0 Å². The SMILES string of the molecule is CNCCCN(C)C(=O)c1cc(Cl)ccc1C. The molecule has 1 aromatic rings. The Balaban J connectivity index is 2.71.